The smallest absolute Gasteiger partial charge is 0.238 e. The summed E-state index contributed by atoms with van der Waals surface area (Å²) in [6.45, 7) is 7.14. The number of halogens is 1. The van der Waals surface area contributed by atoms with Crippen molar-refractivity contribution >= 4 is 24.0 Å². The largest absolute Gasteiger partial charge is 0.324 e. The van der Waals surface area contributed by atoms with Crippen LogP contribution in [0.2, 0.25) is 0 Å². The third kappa shape index (κ3) is 4.21. The number of rotatable bonds is 4. The number of carbonyl (C=O) groups is 1. The number of nitrogens with one attached hydrogen (secondary N) is 2. The summed E-state index contributed by atoms with van der Waals surface area (Å²) in [6, 6.07) is 5.98. The van der Waals surface area contributed by atoms with Gasteiger partial charge in [0, 0.05) is 5.69 Å². The fourth-order valence-corrected chi connectivity index (χ4v) is 1.43. The van der Waals surface area contributed by atoms with Crippen molar-refractivity contribution in [3.05, 3.63) is 29.3 Å². The highest BCUT2D eigenvalue weighted by molar-refractivity contribution is 5.93. The molecule has 0 radical (unpaired) electrons. The van der Waals surface area contributed by atoms with Crippen molar-refractivity contribution in [3.8, 4) is 0 Å². The molecule has 16 heavy (non-hydrogen) atoms. The van der Waals surface area contributed by atoms with E-state index in [0.29, 0.717) is 6.54 Å². The van der Waals surface area contributed by atoms with Crippen molar-refractivity contribution < 1.29 is 4.79 Å². The highest BCUT2D eigenvalue weighted by Gasteiger charge is 2.05. The average Bonchev–Trinajstić information content (AvgIpc) is 2.21. The van der Waals surface area contributed by atoms with Crippen molar-refractivity contribution in [1.29, 1.82) is 0 Å². The van der Waals surface area contributed by atoms with Gasteiger partial charge in [-0.1, -0.05) is 25.1 Å². The van der Waals surface area contributed by atoms with E-state index in [2.05, 4.69) is 10.6 Å². The summed E-state index contributed by atoms with van der Waals surface area (Å²) >= 11 is 0. The number of carbonyl (C=O) groups excluding carboxylic acids is 1. The van der Waals surface area contributed by atoms with Crippen molar-refractivity contribution in [3.63, 3.8) is 0 Å². The molecule has 1 rings (SSSR count). The molecule has 0 heterocycles. The predicted molar refractivity (Wildman–Crippen MR) is 70.3 cm³/mol. The van der Waals surface area contributed by atoms with E-state index >= 15 is 0 Å². The summed E-state index contributed by atoms with van der Waals surface area (Å²) in [5.74, 6) is 0.00856. The molecule has 0 aliphatic heterocycles. The van der Waals surface area contributed by atoms with E-state index in [4.69, 9.17) is 0 Å². The lowest BCUT2D eigenvalue weighted by Crippen LogP contribution is -2.28. The third-order valence-corrected chi connectivity index (χ3v) is 2.28. The Bertz CT molecular complexity index is 333. The molecule has 0 unspecified atom stereocenters. The summed E-state index contributed by atoms with van der Waals surface area (Å²) in [4.78, 5) is 11.5. The van der Waals surface area contributed by atoms with Crippen LogP contribution in [0.25, 0.3) is 0 Å². The Labute approximate surface area is 103 Å². The zero-order valence-electron chi connectivity index (χ0n) is 9.96. The Morgan fingerprint density at radius 1 is 1.25 bits per heavy atom. The molecule has 0 saturated carbocycles. The van der Waals surface area contributed by atoms with Crippen molar-refractivity contribution in [2.24, 2.45) is 0 Å². The fourth-order valence-electron chi connectivity index (χ4n) is 1.43. The van der Waals surface area contributed by atoms with Crippen LogP contribution < -0.4 is 10.6 Å². The number of aryl methyl sites for hydroxylation is 2. The Morgan fingerprint density at radius 3 is 2.31 bits per heavy atom. The van der Waals surface area contributed by atoms with Crippen LogP contribution in [0.5, 0.6) is 0 Å². The number of hydrogen-bond donors (Lipinski definition) is 2. The molecule has 0 bridgehead atoms. The topological polar surface area (TPSA) is 41.1 Å². The zero-order chi connectivity index (χ0) is 11.3. The lowest BCUT2D eigenvalue weighted by molar-refractivity contribution is -0.115. The van der Waals surface area contributed by atoms with E-state index in [1.54, 1.807) is 0 Å². The molecule has 0 aliphatic carbocycles. The van der Waals surface area contributed by atoms with Crippen molar-refractivity contribution in [1.82, 2.24) is 5.32 Å². The number of para-hydroxylation sites is 1. The Hall–Kier alpha value is -1.06. The normalized spacial score (nSPS) is 9.44. The number of hydrogen-bond acceptors (Lipinski definition) is 2. The molecular weight excluding hydrogens is 224 g/mol. The molecule has 90 valence electrons. The minimum absolute atomic E-state index is 0. The molecule has 2 N–H and O–H groups in total. The highest BCUT2D eigenvalue weighted by Crippen LogP contribution is 2.18. The van der Waals surface area contributed by atoms with Gasteiger partial charge in [-0.2, -0.15) is 0 Å². The summed E-state index contributed by atoms with van der Waals surface area (Å²) in [6.07, 6.45) is 0. The molecule has 3 nitrogen and oxygen atoms in total. The van der Waals surface area contributed by atoms with Crippen LogP contribution in [-0.4, -0.2) is 19.0 Å². The molecule has 1 aromatic rings. The molecular formula is C12H19ClN2O. The summed E-state index contributed by atoms with van der Waals surface area (Å²) in [7, 11) is 0. The molecule has 4 heteroatoms. The second-order valence-corrected chi connectivity index (χ2v) is 3.60. The summed E-state index contributed by atoms with van der Waals surface area (Å²) in [5.41, 5.74) is 3.13. The molecule has 0 saturated heterocycles. The van der Waals surface area contributed by atoms with Crippen LogP contribution in [0.4, 0.5) is 5.69 Å². The van der Waals surface area contributed by atoms with E-state index in [1.165, 1.54) is 0 Å². The number of benzene rings is 1. The molecule has 1 amide bonds. The maximum Gasteiger partial charge on any atom is 0.238 e. The first-order valence-electron chi connectivity index (χ1n) is 5.22. The molecule has 0 fully saturated rings. The maximum absolute atomic E-state index is 11.5. The van der Waals surface area contributed by atoms with Gasteiger partial charge >= 0.3 is 0 Å². The first-order chi connectivity index (χ1) is 7.15. The van der Waals surface area contributed by atoms with E-state index in [9.17, 15) is 4.79 Å². The molecule has 0 spiro atoms. The maximum atomic E-state index is 11.5. The second-order valence-electron chi connectivity index (χ2n) is 3.60. The summed E-state index contributed by atoms with van der Waals surface area (Å²) in [5, 5.41) is 5.91. The van der Waals surface area contributed by atoms with Gasteiger partial charge in [-0.15, -0.1) is 12.4 Å². The Balaban J connectivity index is 0.00000225. The summed E-state index contributed by atoms with van der Waals surface area (Å²) < 4.78 is 0. The quantitative estimate of drug-likeness (QED) is 0.851. The Kier molecular flexibility index (Phi) is 6.77. The number of amides is 1. The van der Waals surface area contributed by atoms with Gasteiger partial charge in [-0.05, 0) is 31.5 Å². The highest BCUT2D eigenvalue weighted by atomic mass is 35.5. The Morgan fingerprint density at radius 2 is 1.81 bits per heavy atom. The second kappa shape index (κ2) is 7.25. The first kappa shape index (κ1) is 14.9. The van der Waals surface area contributed by atoms with Gasteiger partial charge in [0.05, 0.1) is 6.54 Å². The SMILES string of the molecule is CCNCC(=O)Nc1c(C)cccc1C.Cl. The van der Waals surface area contributed by atoms with Gasteiger partial charge in [0.15, 0.2) is 0 Å². The molecule has 1 aromatic carbocycles. The van der Waals surface area contributed by atoms with Crippen LogP contribution in [-0.2, 0) is 4.79 Å². The van der Waals surface area contributed by atoms with Crippen LogP contribution in [0, 0.1) is 13.8 Å². The first-order valence-corrected chi connectivity index (χ1v) is 5.22. The average molecular weight is 243 g/mol. The van der Waals surface area contributed by atoms with Gasteiger partial charge in [-0.25, -0.2) is 0 Å². The number of anilines is 1. The lowest BCUT2D eigenvalue weighted by atomic mass is 10.1. The van der Waals surface area contributed by atoms with E-state index in [0.717, 1.165) is 23.4 Å². The van der Waals surface area contributed by atoms with Crippen LogP contribution in [0.1, 0.15) is 18.1 Å². The zero-order valence-corrected chi connectivity index (χ0v) is 10.8. The lowest BCUT2D eigenvalue weighted by Gasteiger charge is -2.11. The van der Waals surface area contributed by atoms with Gasteiger partial charge in [0.1, 0.15) is 0 Å². The van der Waals surface area contributed by atoms with E-state index in [1.807, 2.05) is 39.0 Å². The monoisotopic (exact) mass is 242 g/mol. The van der Waals surface area contributed by atoms with Crippen LogP contribution in [0.15, 0.2) is 18.2 Å². The fraction of sp³-hybridized carbons (Fsp3) is 0.417. The van der Waals surface area contributed by atoms with Crippen molar-refractivity contribution in [2.75, 3.05) is 18.4 Å². The molecule has 0 aliphatic rings. The molecule has 0 aromatic heterocycles. The van der Waals surface area contributed by atoms with Gasteiger partial charge in [0.2, 0.25) is 5.91 Å². The standard InChI is InChI=1S/C12H18N2O.ClH/c1-4-13-8-11(15)14-12-9(2)6-5-7-10(12)3;/h5-7,13H,4,8H2,1-3H3,(H,14,15);1H. The van der Waals surface area contributed by atoms with Gasteiger partial charge in [0.25, 0.3) is 0 Å². The minimum Gasteiger partial charge on any atom is -0.324 e. The van der Waals surface area contributed by atoms with E-state index < -0.39 is 0 Å². The number of likely N-dealkylation sites (N-methyl/N-ethyl adjacent to an activating group) is 1. The van der Waals surface area contributed by atoms with Crippen LogP contribution in [0.3, 0.4) is 0 Å². The van der Waals surface area contributed by atoms with E-state index in [-0.39, 0.29) is 18.3 Å². The molecule has 0 atom stereocenters. The van der Waals surface area contributed by atoms with Gasteiger partial charge in [-0.3, -0.25) is 4.79 Å². The van der Waals surface area contributed by atoms with Crippen LogP contribution >= 0.6 is 12.4 Å². The van der Waals surface area contributed by atoms with Crippen molar-refractivity contribution in [2.45, 2.75) is 20.8 Å². The third-order valence-electron chi connectivity index (χ3n) is 2.28. The van der Waals surface area contributed by atoms with Gasteiger partial charge < -0.3 is 10.6 Å². The predicted octanol–water partition coefficient (Wildman–Crippen LogP) is 2.27. The minimum atomic E-state index is 0.